The van der Waals surface area contributed by atoms with Crippen molar-refractivity contribution in [1.29, 1.82) is 0 Å². The summed E-state index contributed by atoms with van der Waals surface area (Å²) in [5, 5.41) is 8.70. The van der Waals surface area contributed by atoms with Crippen LogP contribution in [0.25, 0.3) is 16.9 Å². The van der Waals surface area contributed by atoms with E-state index >= 15 is 0 Å². The van der Waals surface area contributed by atoms with Crippen LogP contribution < -0.4 is 4.74 Å². The van der Waals surface area contributed by atoms with Gasteiger partial charge in [0.15, 0.2) is 6.61 Å². The molecular weight excluding hydrogens is 454 g/mol. The van der Waals surface area contributed by atoms with Crippen molar-refractivity contribution >= 4 is 5.91 Å². The number of rotatable bonds is 8. The number of aromatic nitrogens is 4. The Morgan fingerprint density at radius 3 is 2.39 bits per heavy atom. The molecular formula is C28H25N5O3. The molecule has 0 saturated heterocycles. The topological polar surface area (TPSA) is 86.3 Å². The van der Waals surface area contributed by atoms with Gasteiger partial charge in [-0.2, -0.15) is 10.1 Å². The molecule has 0 bridgehead atoms. The second-order valence-electron chi connectivity index (χ2n) is 8.32. The molecule has 0 aliphatic heterocycles. The molecule has 0 atom stereocenters. The molecule has 2 aromatic heterocycles. The van der Waals surface area contributed by atoms with Gasteiger partial charge in [-0.15, -0.1) is 0 Å². The molecule has 0 radical (unpaired) electrons. The van der Waals surface area contributed by atoms with Gasteiger partial charge < -0.3 is 14.2 Å². The summed E-state index contributed by atoms with van der Waals surface area (Å²) < 4.78 is 12.7. The molecule has 8 heteroatoms. The van der Waals surface area contributed by atoms with Crippen LogP contribution in [0.15, 0.2) is 95.6 Å². The molecule has 0 fully saturated rings. The van der Waals surface area contributed by atoms with Gasteiger partial charge in [0, 0.05) is 37.8 Å². The van der Waals surface area contributed by atoms with E-state index in [-0.39, 0.29) is 12.5 Å². The van der Waals surface area contributed by atoms with Crippen LogP contribution in [0.3, 0.4) is 0 Å². The van der Waals surface area contributed by atoms with E-state index in [0.717, 1.165) is 22.5 Å². The van der Waals surface area contributed by atoms with Gasteiger partial charge in [-0.05, 0) is 24.3 Å². The van der Waals surface area contributed by atoms with Crippen LogP contribution in [-0.4, -0.2) is 37.8 Å². The van der Waals surface area contributed by atoms with Gasteiger partial charge in [-0.25, -0.2) is 4.68 Å². The number of aryl methyl sites for hydroxylation is 1. The predicted molar refractivity (Wildman–Crippen MR) is 135 cm³/mol. The van der Waals surface area contributed by atoms with E-state index in [1.807, 2.05) is 83.7 Å². The molecule has 1 amide bonds. The minimum Gasteiger partial charge on any atom is -0.485 e. The van der Waals surface area contributed by atoms with Crippen molar-refractivity contribution in [2.45, 2.75) is 20.1 Å². The minimum atomic E-state index is -0.165. The smallest absolute Gasteiger partial charge is 0.257 e. The number of carbonyl (C=O) groups excluding carboxylic acids is 1. The number of carbonyl (C=O) groups is 1. The molecule has 0 spiro atoms. The molecule has 0 unspecified atom stereocenters. The lowest BCUT2D eigenvalue weighted by Crippen LogP contribution is -2.26. The molecule has 5 rings (SSSR count). The van der Waals surface area contributed by atoms with Gasteiger partial charge >= 0.3 is 0 Å². The van der Waals surface area contributed by atoms with Crippen molar-refractivity contribution in [3.63, 3.8) is 0 Å². The summed E-state index contributed by atoms with van der Waals surface area (Å²) in [6, 6.07) is 27.0. The number of hydrogen-bond donors (Lipinski definition) is 0. The zero-order valence-electron chi connectivity index (χ0n) is 20.0. The van der Waals surface area contributed by atoms with Crippen LogP contribution in [0.5, 0.6) is 5.75 Å². The summed E-state index contributed by atoms with van der Waals surface area (Å²) in [4.78, 5) is 19.3. The van der Waals surface area contributed by atoms with E-state index in [1.165, 1.54) is 0 Å². The van der Waals surface area contributed by atoms with Gasteiger partial charge in [0.2, 0.25) is 11.7 Å². The first-order valence-electron chi connectivity index (χ1n) is 11.5. The summed E-state index contributed by atoms with van der Waals surface area (Å²) in [6.07, 6.45) is 1.97. The number of ether oxygens (including phenoxy) is 1. The first kappa shape index (κ1) is 23.0. The molecule has 180 valence electrons. The average Bonchev–Trinajstić information content (AvgIpc) is 3.54. The largest absolute Gasteiger partial charge is 0.485 e. The maximum atomic E-state index is 13.5. The lowest BCUT2D eigenvalue weighted by atomic mass is 10.1. The summed E-state index contributed by atoms with van der Waals surface area (Å²) in [5.41, 5.74) is 4.15. The highest BCUT2D eigenvalue weighted by Gasteiger charge is 2.20. The molecule has 5 aromatic rings. The maximum absolute atomic E-state index is 13.5. The lowest BCUT2D eigenvalue weighted by Gasteiger charge is -2.19. The van der Waals surface area contributed by atoms with Gasteiger partial charge in [0.1, 0.15) is 5.75 Å². The van der Waals surface area contributed by atoms with Crippen molar-refractivity contribution in [3.8, 4) is 22.7 Å². The fourth-order valence-corrected chi connectivity index (χ4v) is 3.92. The predicted octanol–water partition coefficient (Wildman–Crippen LogP) is 5.08. The molecule has 36 heavy (non-hydrogen) atoms. The van der Waals surface area contributed by atoms with Crippen molar-refractivity contribution in [3.05, 3.63) is 114 Å². The zero-order valence-corrected chi connectivity index (χ0v) is 20.0. The molecule has 0 aliphatic rings. The summed E-state index contributed by atoms with van der Waals surface area (Å²) in [5.74, 6) is 1.17. The normalized spacial score (nSPS) is 10.8. The van der Waals surface area contributed by atoms with Crippen molar-refractivity contribution < 1.29 is 14.1 Å². The highest BCUT2D eigenvalue weighted by molar-refractivity contribution is 5.96. The van der Waals surface area contributed by atoms with E-state index in [4.69, 9.17) is 14.4 Å². The van der Waals surface area contributed by atoms with E-state index < -0.39 is 0 Å². The first-order valence-corrected chi connectivity index (χ1v) is 11.5. The molecule has 0 saturated carbocycles. The number of para-hydroxylation sites is 2. The maximum Gasteiger partial charge on any atom is 0.257 e. The second-order valence-corrected chi connectivity index (χ2v) is 8.32. The van der Waals surface area contributed by atoms with Crippen molar-refractivity contribution in [2.75, 3.05) is 7.05 Å². The number of benzene rings is 3. The van der Waals surface area contributed by atoms with E-state index in [9.17, 15) is 4.79 Å². The number of hydrogen-bond acceptors (Lipinski definition) is 6. The Bertz CT molecular complexity index is 1460. The lowest BCUT2D eigenvalue weighted by molar-refractivity contribution is 0.0780. The summed E-state index contributed by atoms with van der Waals surface area (Å²) in [7, 11) is 1.77. The minimum absolute atomic E-state index is 0.105. The van der Waals surface area contributed by atoms with Crippen molar-refractivity contribution in [2.24, 2.45) is 0 Å². The molecule has 0 aliphatic carbocycles. The van der Waals surface area contributed by atoms with Crippen LogP contribution in [0.4, 0.5) is 0 Å². The average molecular weight is 480 g/mol. The third-order valence-corrected chi connectivity index (χ3v) is 5.66. The highest BCUT2D eigenvalue weighted by Crippen LogP contribution is 2.26. The Labute approximate surface area is 208 Å². The molecule has 8 nitrogen and oxygen atoms in total. The van der Waals surface area contributed by atoms with E-state index in [1.54, 1.807) is 31.0 Å². The van der Waals surface area contributed by atoms with Gasteiger partial charge in [-0.3, -0.25) is 4.79 Å². The summed E-state index contributed by atoms with van der Waals surface area (Å²) in [6.45, 7) is 2.19. The van der Waals surface area contributed by atoms with Crippen LogP contribution in [0, 0.1) is 6.92 Å². The fraction of sp³-hybridized carbons (Fsp3) is 0.143. The van der Waals surface area contributed by atoms with Gasteiger partial charge in [0.25, 0.3) is 5.91 Å². The third-order valence-electron chi connectivity index (χ3n) is 5.66. The van der Waals surface area contributed by atoms with Gasteiger partial charge in [-0.1, -0.05) is 65.8 Å². The monoisotopic (exact) mass is 479 g/mol. The molecule has 0 N–H and O–H groups in total. The second kappa shape index (κ2) is 10.3. The van der Waals surface area contributed by atoms with Crippen LogP contribution in [0.2, 0.25) is 0 Å². The molecule has 2 heterocycles. The highest BCUT2D eigenvalue weighted by atomic mass is 16.5. The van der Waals surface area contributed by atoms with Crippen LogP contribution >= 0.6 is 0 Å². The van der Waals surface area contributed by atoms with Crippen molar-refractivity contribution in [1.82, 2.24) is 24.8 Å². The third kappa shape index (κ3) is 5.02. The quantitative estimate of drug-likeness (QED) is 0.308. The zero-order chi connectivity index (χ0) is 24.9. The Balaban J connectivity index is 1.40. The van der Waals surface area contributed by atoms with Gasteiger partial charge in [0.05, 0.1) is 16.9 Å². The Morgan fingerprint density at radius 1 is 0.972 bits per heavy atom. The molecule has 3 aromatic carbocycles. The Morgan fingerprint density at radius 2 is 1.67 bits per heavy atom. The summed E-state index contributed by atoms with van der Waals surface area (Å²) >= 11 is 0. The van der Waals surface area contributed by atoms with Crippen LogP contribution in [-0.2, 0) is 13.2 Å². The Kier molecular flexibility index (Phi) is 6.57. The first-order chi connectivity index (χ1) is 17.6. The SMILES string of the molecule is Cc1nc(COc2ccccc2C(=O)N(C)Cc2cn(-c3ccccc3)nc2-c2ccccc2)no1. The standard InChI is InChI=1S/C28H25N5O3/c1-20-29-26(31-36-20)19-35-25-16-10-9-15-24(25)28(34)32(2)17-22-18-33(23-13-7-4-8-14-23)30-27(22)21-11-5-3-6-12-21/h3-16,18H,17,19H2,1-2H3. The van der Waals surface area contributed by atoms with E-state index in [2.05, 4.69) is 10.1 Å². The fourth-order valence-electron chi connectivity index (χ4n) is 3.92. The number of nitrogens with zero attached hydrogens (tertiary/aromatic N) is 5. The number of amides is 1. The Hall–Kier alpha value is -4.72. The van der Waals surface area contributed by atoms with Crippen LogP contribution in [0.1, 0.15) is 27.6 Å². The van der Waals surface area contributed by atoms with E-state index in [0.29, 0.717) is 29.6 Å².